The number of esters is 1. The molecule has 0 bridgehead atoms. The molecule has 11 heteroatoms. The zero-order valence-electron chi connectivity index (χ0n) is 20.0. The van der Waals surface area contributed by atoms with Crippen molar-refractivity contribution in [2.45, 2.75) is 52.6 Å². The Morgan fingerprint density at radius 2 is 1.46 bits per heavy atom. The van der Waals surface area contributed by atoms with E-state index in [1.165, 1.54) is 25.2 Å². The molecule has 0 saturated carbocycles. The number of ether oxygens (including phenoxy) is 1. The third kappa shape index (κ3) is 12.6. The Morgan fingerprint density at radius 3 is 1.94 bits per heavy atom. The van der Waals surface area contributed by atoms with Crippen molar-refractivity contribution in [3.63, 3.8) is 0 Å². The summed E-state index contributed by atoms with van der Waals surface area (Å²) in [7, 11) is 0. The summed E-state index contributed by atoms with van der Waals surface area (Å²) >= 11 is 1.51. The molecule has 2 aromatic rings. The van der Waals surface area contributed by atoms with Gasteiger partial charge in [-0.2, -0.15) is 11.3 Å². The number of amides is 2. The molecule has 2 atom stereocenters. The van der Waals surface area contributed by atoms with Gasteiger partial charge in [-0.3, -0.25) is 14.4 Å². The average molecular weight is 513 g/mol. The largest absolute Gasteiger partial charge is 0.480 e. The van der Waals surface area contributed by atoms with Crippen LogP contribution in [0.3, 0.4) is 0 Å². The smallest absolute Gasteiger partial charge is 0.328 e. The minimum Gasteiger partial charge on any atom is -0.480 e. The lowest BCUT2D eigenvalue weighted by atomic mass is 10.1. The van der Waals surface area contributed by atoms with Crippen LogP contribution in [0.15, 0.2) is 35.0 Å². The molecule has 2 rings (SSSR count). The number of carboxylic acids is 1. The normalized spacial score (nSPS) is 12.1. The lowest BCUT2D eigenvalue weighted by Gasteiger charge is -2.14. The maximum atomic E-state index is 13.0. The fraction of sp³-hybridized carbons (Fsp3) is 0.417. The second-order valence-corrected chi connectivity index (χ2v) is 8.98. The van der Waals surface area contributed by atoms with E-state index in [0.29, 0.717) is 0 Å². The third-order valence-electron chi connectivity index (χ3n) is 4.27. The molecule has 192 valence electrons. The predicted octanol–water partition coefficient (Wildman–Crippen LogP) is 3.09. The van der Waals surface area contributed by atoms with Gasteiger partial charge in [0.25, 0.3) is 0 Å². The molecule has 0 aliphatic heterocycles. The second-order valence-electron chi connectivity index (χ2n) is 8.20. The summed E-state index contributed by atoms with van der Waals surface area (Å²) < 4.78 is 31.0. The van der Waals surface area contributed by atoms with E-state index < -0.39 is 41.6 Å². The number of nitrogens with one attached hydrogen (secondary N) is 2. The zero-order chi connectivity index (χ0) is 26.5. The molecule has 0 saturated heterocycles. The van der Waals surface area contributed by atoms with Crippen molar-refractivity contribution < 1.29 is 37.8 Å². The molecule has 3 N–H and O–H groups in total. The van der Waals surface area contributed by atoms with Crippen LogP contribution < -0.4 is 10.6 Å². The van der Waals surface area contributed by atoms with Crippen molar-refractivity contribution in [1.29, 1.82) is 0 Å². The van der Waals surface area contributed by atoms with Crippen LogP contribution in [0, 0.1) is 17.6 Å². The minimum absolute atomic E-state index is 0.201. The van der Waals surface area contributed by atoms with E-state index in [2.05, 4.69) is 10.6 Å². The first kappa shape index (κ1) is 29.7. The summed E-state index contributed by atoms with van der Waals surface area (Å²) in [5.41, 5.74) is 1.11. The molecule has 8 nitrogen and oxygen atoms in total. The molecule has 0 radical (unpaired) electrons. The number of hydrogen-bond donors (Lipinski definition) is 3. The summed E-state index contributed by atoms with van der Waals surface area (Å²) in [6.45, 7) is 7.00. The quantitative estimate of drug-likeness (QED) is 0.421. The van der Waals surface area contributed by atoms with Crippen molar-refractivity contribution in [1.82, 2.24) is 10.6 Å². The molecule has 1 aromatic heterocycles. The van der Waals surface area contributed by atoms with Crippen molar-refractivity contribution in [2.24, 2.45) is 5.92 Å². The number of carbonyl (C=O) groups is 4. The molecular formula is C24H30F2N2O6S. The maximum absolute atomic E-state index is 13.0. The highest BCUT2D eigenvalue weighted by atomic mass is 32.1. The number of rotatable bonds is 10. The number of benzene rings is 1. The summed E-state index contributed by atoms with van der Waals surface area (Å²) in [6.07, 6.45) is 0.0254. The van der Waals surface area contributed by atoms with Gasteiger partial charge in [0.1, 0.15) is 23.7 Å². The fourth-order valence-corrected chi connectivity index (χ4v) is 3.23. The number of hydrogen-bond acceptors (Lipinski definition) is 6. The number of aliphatic carboxylic acids is 1. The molecule has 0 fully saturated rings. The van der Waals surface area contributed by atoms with E-state index in [9.17, 15) is 28.0 Å². The van der Waals surface area contributed by atoms with E-state index in [1.807, 2.05) is 30.7 Å². The molecular weight excluding hydrogens is 482 g/mol. The summed E-state index contributed by atoms with van der Waals surface area (Å²) in [5.74, 6) is -3.63. The Balaban J connectivity index is 0.000000379. The van der Waals surface area contributed by atoms with Crippen LogP contribution in [-0.4, -0.2) is 47.6 Å². The van der Waals surface area contributed by atoms with Gasteiger partial charge in [0.2, 0.25) is 11.8 Å². The van der Waals surface area contributed by atoms with E-state index in [-0.39, 0.29) is 36.8 Å². The van der Waals surface area contributed by atoms with Crippen LogP contribution in [0.25, 0.3) is 0 Å². The lowest BCUT2D eigenvalue weighted by Crippen LogP contribution is -2.40. The van der Waals surface area contributed by atoms with Crippen LogP contribution in [0.1, 0.15) is 38.8 Å². The molecule has 0 aliphatic rings. The van der Waals surface area contributed by atoms with Gasteiger partial charge in [0.05, 0.1) is 19.4 Å². The molecule has 0 spiro atoms. The molecule has 1 heterocycles. The summed E-state index contributed by atoms with van der Waals surface area (Å²) in [6, 6.07) is 3.08. The van der Waals surface area contributed by atoms with Gasteiger partial charge in [0, 0.05) is 6.07 Å². The highest BCUT2D eigenvalue weighted by Gasteiger charge is 2.18. The first-order valence-electron chi connectivity index (χ1n) is 10.8. The van der Waals surface area contributed by atoms with Crippen LogP contribution in [0.5, 0.6) is 0 Å². The number of carboxylic acid groups (broad SMARTS) is 1. The van der Waals surface area contributed by atoms with Gasteiger partial charge in [-0.05, 0) is 59.9 Å². The Morgan fingerprint density at radius 1 is 0.914 bits per heavy atom. The van der Waals surface area contributed by atoms with Gasteiger partial charge >= 0.3 is 11.9 Å². The Labute approximate surface area is 206 Å². The fourth-order valence-electron chi connectivity index (χ4n) is 2.56. The summed E-state index contributed by atoms with van der Waals surface area (Å²) in [4.78, 5) is 45.0. The van der Waals surface area contributed by atoms with Gasteiger partial charge in [-0.15, -0.1) is 0 Å². The van der Waals surface area contributed by atoms with E-state index in [0.717, 1.165) is 23.8 Å². The van der Waals surface area contributed by atoms with Gasteiger partial charge in [-0.25, -0.2) is 13.6 Å². The van der Waals surface area contributed by atoms with Crippen molar-refractivity contribution in [2.75, 3.05) is 6.61 Å². The Hall–Kier alpha value is -3.34. The van der Waals surface area contributed by atoms with Crippen LogP contribution in [0.4, 0.5) is 8.78 Å². The standard InChI is InChI=1S/C15H19F2NO3.C9H11NO3S/c1-9(2)8-21-15(20)10(3)18-14(19)6-11-4-12(16)7-13(17)5-11;1-6(9(12)13)10-8(11)4-7-2-3-14-5-7/h4-5,7,9-10H,6,8H2,1-3H3,(H,18,19);2-3,5-6H,4H2,1H3,(H,10,11)(H,12,13)/t10-;6-/m00/s1. The maximum Gasteiger partial charge on any atom is 0.328 e. The first-order chi connectivity index (χ1) is 16.4. The SMILES string of the molecule is CC(C)COC(=O)[C@H](C)NC(=O)Cc1cc(F)cc(F)c1.C[C@H](NC(=O)Cc1ccsc1)C(=O)O. The third-order valence-corrected chi connectivity index (χ3v) is 5.00. The van der Waals surface area contributed by atoms with Gasteiger partial charge in [0.15, 0.2) is 0 Å². The van der Waals surface area contributed by atoms with Crippen molar-refractivity contribution >= 4 is 35.1 Å². The van der Waals surface area contributed by atoms with Gasteiger partial charge < -0.3 is 20.5 Å². The van der Waals surface area contributed by atoms with Crippen LogP contribution in [-0.2, 0) is 36.8 Å². The van der Waals surface area contributed by atoms with E-state index in [1.54, 1.807) is 0 Å². The van der Waals surface area contributed by atoms with Crippen LogP contribution >= 0.6 is 11.3 Å². The van der Waals surface area contributed by atoms with Crippen molar-refractivity contribution in [3.8, 4) is 0 Å². The molecule has 1 aromatic carbocycles. The molecule has 2 amide bonds. The van der Waals surface area contributed by atoms with E-state index >= 15 is 0 Å². The molecule has 0 unspecified atom stereocenters. The molecule has 0 aliphatic carbocycles. The van der Waals surface area contributed by atoms with E-state index in [4.69, 9.17) is 9.84 Å². The van der Waals surface area contributed by atoms with Gasteiger partial charge in [-0.1, -0.05) is 13.8 Å². The highest BCUT2D eigenvalue weighted by Crippen LogP contribution is 2.09. The first-order valence-corrected chi connectivity index (χ1v) is 11.8. The minimum atomic E-state index is -1.02. The summed E-state index contributed by atoms with van der Waals surface area (Å²) in [5, 5.41) is 17.1. The predicted molar refractivity (Wildman–Crippen MR) is 127 cm³/mol. The number of carbonyl (C=O) groups excluding carboxylic acids is 3. The Kier molecular flexibility index (Phi) is 12.6. The Bertz CT molecular complexity index is 978. The average Bonchev–Trinajstić information content (AvgIpc) is 3.24. The monoisotopic (exact) mass is 512 g/mol. The zero-order valence-corrected chi connectivity index (χ0v) is 20.8. The second kappa shape index (κ2) is 14.8. The number of thiophene rings is 1. The van der Waals surface area contributed by atoms with Crippen molar-refractivity contribution in [3.05, 3.63) is 57.8 Å². The van der Waals surface area contributed by atoms with Crippen LogP contribution in [0.2, 0.25) is 0 Å². The molecule has 35 heavy (non-hydrogen) atoms. The lowest BCUT2D eigenvalue weighted by molar-refractivity contribution is -0.148. The topological polar surface area (TPSA) is 122 Å². The highest BCUT2D eigenvalue weighted by molar-refractivity contribution is 7.08. The number of halogens is 2.